The topological polar surface area (TPSA) is 72.5 Å². The van der Waals surface area contributed by atoms with Crippen molar-refractivity contribution >= 4 is 43.0 Å². The number of hydrogen-bond donors (Lipinski definition) is 1. The van der Waals surface area contributed by atoms with Crippen LogP contribution in [0.25, 0.3) is 0 Å². The van der Waals surface area contributed by atoms with E-state index >= 15 is 0 Å². The van der Waals surface area contributed by atoms with E-state index in [0.717, 1.165) is 26.4 Å². The van der Waals surface area contributed by atoms with Crippen LogP contribution in [0.1, 0.15) is 12.0 Å². The number of sulfone groups is 1. The van der Waals surface area contributed by atoms with Crippen LogP contribution in [0.15, 0.2) is 44.4 Å². The van der Waals surface area contributed by atoms with Crippen LogP contribution in [0.2, 0.25) is 0 Å². The molecule has 1 aromatic carbocycles. The Bertz CT molecular complexity index is 769. The van der Waals surface area contributed by atoms with E-state index in [9.17, 15) is 13.2 Å². The summed E-state index contributed by atoms with van der Waals surface area (Å²) >= 11 is 4.38. The molecule has 124 valence electrons. The molecule has 0 radical (unpaired) electrons. The molecule has 1 amide bonds. The third-order valence-corrected chi connectivity index (χ3v) is 7.02. The first-order valence-electron chi connectivity index (χ1n) is 6.78. The highest BCUT2D eigenvalue weighted by Gasteiger charge is 2.18. The molecule has 0 spiro atoms. The van der Waals surface area contributed by atoms with Gasteiger partial charge in [-0.3, -0.25) is 4.79 Å². The number of hydrogen-bond acceptors (Lipinski definition) is 5. The van der Waals surface area contributed by atoms with Crippen LogP contribution in [0, 0.1) is 0 Å². The Hall–Kier alpha value is -1.38. The quantitative estimate of drug-likeness (QED) is 0.751. The molecule has 0 fully saturated rings. The lowest BCUT2D eigenvalue weighted by Crippen LogP contribution is -2.25. The number of nitrogens with one attached hydrogen (secondary N) is 1. The van der Waals surface area contributed by atoms with Crippen molar-refractivity contribution in [2.45, 2.75) is 17.2 Å². The lowest BCUT2D eigenvalue weighted by molar-refractivity contribution is -0.120. The van der Waals surface area contributed by atoms with Crippen molar-refractivity contribution < 1.29 is 17.9 Å². The minimum absolute atomic E-state index is 0.0615. The van der Waals surface area contributed by atoms with Gasteiger partial charge in [-0.25, -0.2) is 8.42 Å². The summed E-state index contributed by atoms with van der Waals surface area (Å²) in [7, 11) is -1.83. The molecule has 0 aliphatic carbocycles. The number of amides is 1. The van der Waals surface area contributed by atoms with Gasteiger partial charge in [0.05, 0.1) is 16.6 Å². The molecule has 0 unspecified atom stereocenters. The second-order valence-electron chi connectivity index (χ2n) is 4.75. The zero-order valence-corrected chi connectivity index (χ0v) is 15.6. The normalized spacial score (nSPS) is 11.2. The van der Waals surface area contributed by atoms with Gasteiger partial charge in [0.15, 0.2) is 9.84 Å². The van der Waals surface area contributed by atoms with E-state index in [1.54, 1.807) is 31.4 Å². The van der Waals surface area contributed by atoms with E-state index < -0.39 is 9.84 Å². The lowest BCUT2D eigenvalue weighted by Gasteiger charge is -2.06. The van der Waals surface area contributed by atoms with Crippen LogP contribution in [0.5, 0.6) is 5.75 Å². The lowest BCUT2D eigenvalue weighted by atomic mass is 10.2. The zero-order valence-electron chi connectivity index (χ0n) is 12.4. The summed E-state index contributed by atoms with van der Waals surface area (Å²) in [5.74, 6) is 0.252. The van der Waals surface area contributed by atoms with Crippen molar-refractivity contribution in [3.63, 3.8) is 0 Å². The van der Waals surface area contributed by atoms with Crippen LogP contribution >= 0.6 is 27.3 Å². The minimum Gasteiger partial charge on any atom is -0.497 e. The van der Waals surface area contributed by atoms with Gasteiger partial charge in [-0.05, 0) is 45.8 Å². The van der Waals surface area contributed by atoms with Crippen molar-refractivity contribution in [2.24, 2.45) is 0 Å². The average molecular weight is 418 g/mol. The predicted molar refractivity (Wildman–Crippen MR) is 93.5 cm³/mol. The molecule has 0 bridgehead atoms. The summed E-state index contributed by atoms with van der Waals surface area (Å²) in [6.07, 6.45) is -0.0615. The van der Waals surface area contributed by atoms with Gasteiger partial charge in [0.1, 0.15) is 9.96 Å². The van der Waals surface area contributed by atoms with Crippen molar-refractivity contribution in [1.82, 2.24) is 5.32 Å². The van der Waals surface area contributed by atoms with Gasteiger partial charge in [-0.1, -0.05) is 12.1 Å². The Balaban J connectivity index is 1.82. The smallest absolute Gasteiger partial charge is 0.221 e. The van der Waals surface area contributed by atoms with E-state index in [2.05, 4.69) is 21.2 Å². The maximum atomic E-state index is 12.1. The van der Waals surface area contributed by atoms with Gasteiger partial charge in [-0.2, -0.15) is 0 Å². The van der Waals surface area contributed by atoms with Gasteiger partial charge in [-0.15, -0.1) is 11.3 Å². The Kier molecular flexibility index (Phi) is 6.20. The molecule has 1 heterocycles. The van der Waals surface area contributed by atoms with E-state index in [4.69, 9.17) is 4.74 Å². The minimum atomic E-state index is -3.42. The van der Waals surface area contributed by atoms with Crippen molar-refractivity contribution in [1.29, 1.82) is 0 Å². The summed E-state index contributed by atoms with van der Waals surface area (Å²) in [5, 5.41) is 2.72. The number of carbonyl (C=O) groups is 1. The average Bonchev–Trinajstić information content (AvgIpc) is 2.99. The van der Waals surface area contributed by atoms with Crippen LogP contribution < -0.4 is 10.1 Å². The number of halogens is 1. The van der Waals surface area contributed by atoms with Crippen LogP contribution in [0.4, 0.5) is 0 Å². The van der Waals surface area contributed by atoms with Crippen molar-refractivity contribution in [2.75, 3.05) is 12.9 Å². The number of methoxy groups -OCH3 is 1. The molecule has 0 atom stereocenters. The van der Waals surface area contributed by atoms with Crippen LogP contribution in [-0.4, -0.2) is 27.2 Å². The molecule has 0 aliphatic rings. The number of thiophene rings is 1. The second-order valence-corrected chi connectivity index (χ2v) is 9.55. The fraction of sp³-hybridized carbons (Fsp3) is 0.267. The van der Waals surface area contributed by atoms with E-state index in [1.807, 2.05) is 12.1 Å². The molecule has 23 heavy (non-hydrogen) atoms. The SMILES string of the molecule is COc1ccc(CNC(=O)CCS(=O)(=O)c2ccc(Br)s2)cc1. The first-order valence-corrected chi connectivity index (χ1v) is 10.0. The maximum Gasteiger partial charge on any atom is 0.221 e. The largest absolute Gasteiger partial charge is 0.497 e. The Morgan fingerprint density at radius 2 is 1.91 bits per heavy atom. The predicted octanol–water partition coefficient (Wildman–Crippen LogP) is 3.00. The zero-order chi connectivity index (χ0) is 16.9. The Morgan fingerprint density at radius 1 is 1.22 bits per heavy atom. The highest BCUT2D eigenvalue weighted by molar-refractivity contribution is 9.11. The molecular weight excluding hydrogens is 402 g/mol. The number of benzene rings is 1. The molecule has 0 aliphatic heterocycles. The van der Waals surface area contributed by atoms with Gasteiger partial charge in [0.25, 0.3) is 0 Å². The Labute approximate surface area is 147 Å². The monoisotopic (exact) mass is 417 g/mol. The summed E-state index contributed by atoms with van der Waals surface area (Å²) in [5.41, 5.74) is 0.921. The van der Waals surface area contributed by atoms with E-state index in [1.165, 1.54) is 0 Å². The number of rotatable bonds is 7. The maximum absolute atomic E-state index is 12.1. The summed E-state index contributed by atoms with van der Waals surface area (Å²) in [4.78, 5) is 11.8. The Morgan fingerprint density at radius 3 is 2.48 bits per heavy atom. The first-order chi connectivity index (χ1) is 10.9. The van der Waals surface area contributed by atoms with Crippen LogP contribution in [-0.2, 0) is 21.2 Å². The fourth-order valence-electron chi connectivity index (χ4n) is 1.82. The number of ether oxygens (including phenoxy) is 1. The second kappa shape index (κ2) is 7.94. The van der Waals surface area contributed by atoms with Gasteiger partial charge in [0.2, 0.25) is 5.91 Å². The molecule has 0 saturated carbocycles. The fourth-order valence-corrected chi connectivity index (χ4v) is 5.22. The number of carbonyl (C=O) groups excluding carboxylic acids is 1. The van der Waals surface area contributed by atoms with Gasteiger partial charge >= 0.3 is 0 Å². The summed E-state index contributed by atoms with van der Waals surface area (Å²) < 4.78 is 30.3. The molecule has 8 heteroatoms. The van der Waals surface area contributed by atoms with E-state index in [-0.39, 0.29) is 22.3 Å². The molecule has 1 aromatic heterocycles. The van der Waals surface area contributed by atoms with Gasteiger partial charge < -0.3 is 10.1 Å². The highest BCUT2D eigenvalue weighted by Crippen LogP contribution is 2.27. The third-order valence-electron chi connectivity index (χ3n) is 3.10. The van der Waals surface area contributed by atoms with Gasteiger partial charge in [0, 0.05) is 13.0 Å². The highest BCUT2D eigenvalue weighted by atomic mass is 79.9. The third kappa shape index (κ3) is 5.33. The first kappa shape index (κ1) is 18.0. The standard InChI is InChI=1S/C15H16BrNO4S2/c1-21-12-4-2-11(3-5-12)10-17-14(18)8-9-23(19,20)15-7-6-13(16)22-15/h2-7H,8-10H2,1H3,(H,17,18). The molecular formula is C15H16BrNO4S2. The van der Waals surface area contributed by atoms with Crippen molar-refractivity contribution in [3.8, 4) is 5.75 Å². The molecule has 2 rings (SSSR count). The molecule has 0 saturated heterocycles. The molecule has 5 nitrogen and oxygen atoms in total. The van der Waals surface area contributed by atoms with E-state index in [0.29, 0.717) is 6.54 Å². The summed E-state index contributed by atoms with van der Waals surface area (Å²) in [6, 6.07) is 10.5. The summed E-state index contributed by atoms with van der Waals surface area (Å²) in [6.45, 7) is 0.355. The van der Waals surface area contributed by atoms with Crippen molar-refractivity contribution in [3.05, 3.63) is 45.7 Å². The van der Waals surface area contributed by atoms with Crippen LogP contribution in [0.3, 0.4) is 0 Å². The molecule has 1 N–H and O–H groups in total. The molecule has 2 aromatic rings.